The number of carbonyl (C=O) groups excluding carboxylic acids is 1. The minimum atomic E-state index is -0.694. The molecule has 3 nitrogen and oxygen atoms in total. The van der Waals surface area contributed by atoms with E-state index < -0.39 is 17.5 Å². The molecule has 0 spiro atoms. The van der Waals surface area contributed by atoms with Crippen LogP contribution in [-0.4, -0.2) is 5.91 Å². The summed E-state index contributed by atoms with van der Waals surface area (Å²) in [5.74, 6) is -1.84. The maximum Gasteiger partial charge on any atom is 0.256 e. The van der Waals surface area contributed by atoms with Crippen molar-refractivity contribution in [2.24, 2.45) is 5.73 Å². The third kappa shape index (κ3) is 2.95. The maximum absolute atomic E-state index is 13.4. The van der Waals surface area contributed by atoms with Gasteiger partial charge in [0.05, 0.1) is 5.69 Å². The minimum Gasteiger partial charge on any atom is -0.326 e. The fraction of sp³-hybridized carbons (Fsp3) is 0.0714. The highest BCUT2D eigenvalue weighted by atomic mass is 19.1. The van der Waals surface area contributed by atoms with Crippen LogP contribution in [0.5, 0.6) is 0 Å². The van der Waals surface area contributed by atoms with Crippen molar-refractivity contribution < 1.29 is 13.6 Å². The van der Waals surface area contributed by atoms with Gasteiger partial charge in [0.2, 0.25) is 0 Å². The smallest absolute Gasteiger partial charge is 0.256 e. The predicted molar refractivity (Wildman–Crippen MR) is 68.6 cm³/mol. The van der Waals surface area contributed by atoms with E-state index >= 15 is 0 Å². The molecule has 2 rings (SSSR count). The second kappa shape index (κ2) is 5.58. The zero-order chi connectivity index (χ0) is 13.8. The van der Waals surface area contributed by atoms with Gasteiger partial charge in [-0.25, -0.2) is 8.78 Å². The van der Waals surface area contributed by atoms with E-state index in [4.69, 9.17) is 5.73 Å². The zero-order valence-electron chi connectivity index (χ0n) is 9.99. The third-order valence-electron chi connectivity index (χ3n) is 2.66. The van der Waals surface area contributed by atoms with E-state index in [0.29, 0.717) is 11.1 Å². The molecule has 98 valence electrons. The summed E-state index contributed by atoms with van der Waals surface area (Å²) in [6, 6.07) is 9.58. The molecule has 0 atom stereocenters. The Morgan fingerprint density at radius 3 is 2.63 bits per heavy atom. The number of halogens is 2. The Balaban J connectivity index is 2.28. The third-order valence-corrected chi connectivity index (χ3v) is 2.66. The quantitative estimate of drug-likeness (QED) is 0.893. The molecule has 0 radical (unpaired) electrons. The lowest BCUT2D eigenvalue weighted by molar-refractivity contribution is 0.102. The second-order valence-corrected chi connectivity index (χ2v) is 3.94. The number of amides is 1. The van der Waals surface area contributed by atoms with Crippen molar-refractivity contribution in [2.45, 2.75) is 6.54 Å². The van der Waals surface area contributed by atoms with Crippen LogP contribution in [-0.2, 0) is 6.54 Å². The number of carbonyl (C=O) groups is 1. The maximum atomic E-state index is 13.4. The van der Waals surface area contributed by atoms with Gasteiger partial charge in [-0.2, -0.15) is 0 Å². The van der Waals surface area contributed by atoms with Crippen molar-refractivity contribution in [3.8, 4) is 0 Å². The van der Waals surface area contributed by atoms with Crippen LogP contribution in [0.4, 0.5) is 14.5 Å². The van der Waals surface area contributed by atoms with Gasteiger partial charge >= 0.3 is 0 Å². The second-order valence-electron chi connectivity index (χ2n) is 3.94. The summed E-state index contributed by atoms with van der Waals surface area (Å²) in [4.78, 5) is 12.0. The standard InChI is InChI=1S/C14H12F2N2O/c15-10-5-6-12(16)13(7-10)18-14(19)11-4-2-1-3-9(11)8-17/h1-7H,8,17H2,(H,18,19). The number of anilines is 1. The van der Waals surface area contributed by atoms with E-state index in [0.717, 1.165) is 18.2 Å². The average Bonchev–Trinajstić information content (AvgIpc) is 2.42. The number of benzene rings is 2. The van der Waals surface area contributed by atoms with Crippen molar-refractivity contribution in [3.05, 3.63) is 65.2 Å². The van der Waals surface area contributed by atoms with Gasteiger partial charge in [-0.3, -0.25) is 4.79 Å². The highest BCUT2D eigenvalue weighted by Crippen LogP contribution is 2.17. The van der Waals surface area contributed by atoms with Crippen LogP contribution in [0.2, 0.25) is 0 Å². The van der Waals surface area contributed by atoms with Crippen molar-refractivity contribution in [1.29, 1.82) is 0 Å². The fourth-order valence-corrected chi connectivity index (χ4v) is 1.70. The molecule has 0 heterocycles. The first kappa shape index (κ1) is 13.2. The molecule has 2 aromatic rings. The van der Waals surface area contributed by atoms with Gasteiger partial charge in [0.1, 0.15) is 11.6 Å². The Bertz CT molecular complexity index is 614. The molecule has 0 aliphatic rings. The summed E-state index contributed by atoms with van der Waals surface area (Å²) in [7, 11) is 0. The van der Waals surface area contributed by atoms with Crippen LogP contribution in [0.15, 0.2) is 42.5 Å². The van der Waals surface area contributed by atoms with Gasteiger partial charge in [-0.15, -0.1) is 0 Å². The monoisotopic (exact) mass is 262 g/mol. The van der Waals surface area contributed by atoms with E-state index in [1.54, 1.807) is 24.3 Å². The van der Waals surface area contributed by atoms with Crippen LogP contribution in [0.25, 0.3) is 0 Å². The molecule has 0 unspecified atom stereocenters. The average molecular weight is 262 g/mol. The Kier molecular flexibility index (Phi) is 3.87. The number of nitrogens with one attached hydrogen (secondary N) is 1. The van der Waals surface area contributed by atoms with Crippen LogP contribution < -0.4 is 11.1 Å². The molecule has 0 aliphatic heterocycles. The minimum absolute atomic E-state index is 0.190. The summed E-state index contributed by atoms with van der Waals surface area (Å²) in [5.41, 5.74) is 6.30. The Morgan fingerprint density at radius 1 is 1.16 bits per heavy atom. The number of hydrogen-bond acceptors (Lipinski definition) is 2. The highest BCUT2D eigenvalue weighted by molar-refractivity contribution is 6.05. The van der Waals surface area contributed by atoms with Gasteiger partial charge in [0, 0.05) is 18.2 Å². The van der Waals surface area contributed by atoms with E-state index in [1.165, 1.54) is 0 Å². The first-order valence-electron chi connectivity index (χ1n) is 5.66. The van der Waals surface area contributed by atoms with Crippen LogP contribution in [0.1, 0.15) is 15.9 Å². The van der Waals surface area contributed by atoms with Crippen molar-refractivity contribution in [2.75, 3.05) is 5.32 Å². The molecule has 5 heteroatoms. The normalized spacial score (nSPS) is 10.3. The predicted octanol–water partition coefficient (Wildman–Crippen LogP) is 2.68. The number of nitrogens with two attached hydrogens (primary N) is 1. The first-order valence-corrected chi connectivity index (χ1v) is 5.66. The van der Waals surface area contributed by atoms with Crippen molar-refractivity contribution >= 4 is 11.6 Å². The molecule has 2 aromatic carbocycles. The SMILES string of the molecule is NCc1ccccc1C(=O)Nc1cc(F)ccc1F. The van der Waals surface area contributed by atoms with Gasteiger partial charge in [0.15, 0.2) is 0 Å². The van der Waals surface area contributed by atoms with Gasteiger partial charge in [-0.05, 0) is 23.8 Å². The molecule has 0 aromatic heterocycles. The van der Waals surface area contributed by atoms with Crippen molar-refractivity contribution in [1.82, 2.24) is 0 Å². The van der Waals surface area contributed by atoms with Crippen LogP contribution in [0.3, 0.4) is 0 Å². The lowest BCUT2D eigenvalue weighted by Crippen LogP contribution is -2.16. The number of rotatable bonds is 3. The summed E-state index contributed by atoms with van der Waals surface area (Å²) >= 11 is 0. The van der Waals surface area contributed by atoms with Gasteiger partial charge in [0.25, 0.3) is 5.91 Å². The molecule has 3 N–H and O–H groups in total. The largest absolute Gasteiger partial charge is 0.326 e. The highest BCUT2D eigenvalue weighted by Gasteiger charge is 2.12. The lowest BCUT2D eigenvalue weighted by Gasteiger charge is -2.09. The molecule has 19 heavy (non-hydrogen) atoms. The van der Waals surface area contributed by atoms with E-state index in [9.17, 15) is 13.6 Å². The molecule has 0 fully saturated rings. The van der Waals surface area contributed by atoms with E-state index in [2.05, 4.69) is 5.32 Å². The number of hydrogen-bond donors (Lipinski definition) is 2. The molecule has 1 amide bonds. The Labute approximate surface area is 109 Å². The molecular formula is C14H12F2N2O. The zero-order valence-corrected chi connectivity index (χ0v) is 9.99. The summed E-state index contributed by atoms with van der Waals surface area (Å²) in [5, 5.41) is 2.33. The molecule has 0 bridgehead atoms. The molecule has 0 saturated carbocycles. The topological polar surface area (TPSA) is 55.1 Å². The Hall–Kier alpha value is -2.27. The molecule has 0 saturated heterocycles. The summed E-state index contributed by atoms with van der Waals surface area (Å²) < 4.78 is 26.4. The van der Waals surface area contributed by atoms with Crippen molar-refractivity contribution in [3.63, 3.8) is 0 Å². The Morgan fingerprint density at radius 2 is 1.89 bits per heavy atom. The summed E-state index contributed by atoms with van der Waals surface area (Å²) in [6.07, 6.45) is 0. The molecule has 0 aliphatic carbocycles. The van der Waals surface area contributed by atoms with Crippen LogP contribution >= 0.6 is 0 Å². The van der Waals surface area contributed by atoms with Crippen LogP contribution in [0, 0.1) is 11.6 Å². The fourth-order valence-electron chi connectivity index (χ4n) is 1.70. The molecular weight excluding hydrogens is 250 g/mol. The lowest BCUT2D eigenvalue weighted by atomic mass is 10.1. The van der Waals surface area contributed by atoms with E-state index in [1.807, 2.05) is 0 Å². The van der Waals surface area contributed by atoms with Gasteiger partial charge < -0.3 is 11.1 Å². The first-order chi connectivity index (χ1) is 9.11. The summed E-state index contributed by atoms with van der Waals surface area (Å²) in [6.45, 7) is 0.190. The van der Waals surface area contributed by atoms with Gasteiger partial charge in [-0.1, -0.05) is 18.2 Å². The van der Waals surface area contributed by atoms with E-state index in [-0.39, 0.29) is 12.2 Å².